The molecule has 1 aromatic rings. The van der Waals surface area contributed by atoms with E-state index in [4.69, 9.17) is 5.11 Å². The van der Waals surface area contributed by atoms with Crippen LogP contribution in [0.3, 0.4) is 0 Å². The van der Waals surface area contributed by atoms with Gasteiger partial charge < -0.3 is 10.4 Å². The number of rotatable bonds is 6. The molecule has 0 bridgehead atoms. The van der Waals surface area contributed by atoms with E-state index in [9.17, 15) is 9.59 Å². The molecule has 0 saturated heterocycles. The zero-order chi connectivity index (χ0) is 14.5. The summed E-state index contributed by atoms with van der Waals surface area (Å²) in [6, 6.07) is 0. The minimum atomic E-state index is -0.930. The Kier molecular flexibility index (Phi) is 5.23. The lowest BCUT2D eigenvalue weighted by Crippen LogP contribution is -2.40. The number of aliphatic carboxylic acids is 1. The summed E-state index contributed by atoms with van der Waals surface area (Å²) in [5.41, 5.74) is -0.199. The van der Waals surface area contributed by atoms with Crippen molar-refractivity contribution < 1.29 is 14.7 Å². The van der Waals surface area contributed by atoms with Gasteiger partial charge in [0.1, 0.15) is 0 Å². The predicted molar refractivity (Wildman–Crippen MR) is 74.9 cm³/mol. The monoisotopic (exact) mass is 282 g/mol. The Balaban J connectivity index is 2.52. The van der Waals surface area contributed by atoms with Gasteiger partial charge in [0.2, 0.25) is 5.91 Å². The average Bonchev–Trinajstić information content (AvgIpc) is 2.79. The maximum atomic E-state index is 11.6. The van der Waals surface area contributed by atoms with Crippen LogP contribution < -0.4 is 5.32 Å². The highest BCUT2D eigenvalue weighted by Gasteiger charge is 2.31. The summed E-state index contributed by atoms with van der Waals surface area (Å²) < 4.78 is 0. The highest BCUT2D eigenvalue weighted by atomic mass is 32.1. The summed E-state index contributed by atoms with van der Waals surface area (Å²) in [5, 5.41) is 14.5. The van der Waals surface area contributed by atoms with E-state index in [0.29, 0.717) is 6.42 Å². The number of hydrogen-bond donors (Lipinski definition) is 2. The Hall–Kier alpha value is -1.69. The van der Waals surface area contributed by atoms with Crippen molar-refractivity contribution in [1.82, 2.24) is 10.3 Å². The van der Waals surface area contributed by atoms with Crippen LogP contribution in [0.2, 0.25) is 0 Å². The topological polar surface area (TPSA) is 79.3 Å². The van der Waals surface area contributed by atoms with Crippen molar-refractivity contribution >= 4 is 29.3 Å². The number of carbonyl (C=O) groups is 2. The average molecular weight is 282 g/mol. The van der Waals surface area contributed by atoms with Gasteiger partial charge in [0, 0.05) is 18.0 Å². The second kappa shape index (κ2) is 6.47. The van der Waals surface area contributed by atoms with Crippen LogP contribution in [0.5, 0.6) is 0 Å². The van der Waals surface area contributed by atoms with Crippen LogP contribution in [-0.4, -0.2) is 28.5 Å². The molecule has 0 saturated carbocycles. The van der Waals surface area contributed by atoms with Crippen LogP contribution in [0.15, 0.2) is 11.5 Å². The summed E-state index contributed by atoms with van der Waals surface area (Å²) in [6.45, 7) is 5.40. The third-order valence-electron chi connectivity index (χ3n) is 2.99. The van der Waals surface area contributed by atoms with Gasteiger partial charge in [-0.25, -0.2) is 4.98 Å². The minimum absolute atomic E-state index is 0.109. The molecule has 0 aromatic carbocycles. The van der Waals surface area contributed by atoms with Crippen LogP contribution in [-0.2, 0) is 9.59 Å². The van der Waals surface area contributed by atoms with Crippen LogP contribution >= 0.6 is 11.3 Å². The third kappa shape index (κ3) is 4.48. The zero-order valence-electron chi connectivity index (χ0n) is 11.3. The van der Waals surface area contributed by atoms with Crippen LogP contribution in [0.25, 0.3) is 6.08 Å². The van der Waals surface area contributed by atoms with Gasteiger partial charge in [-0.1, -0.05) is 6.92 Å². The fourth-order valence-electron chi connectivity index (χ4n) is 1.31. The van der Waals surface area contributed by atoms with Gasteiger partial charge in [-0.2, -0.15) is 0 Å². The van der Waals surface area contributed by atoms with E-state index in [2.05, 4.69) is 10.3 Å². The van der Waals surface area contributed by atoms with E-state index in [1.165, 1.54) is 17.4 Å². The molecule has 0 aliphatic heterocycles. The second-order valence-electron chi connectivity index (χ2n) is 4.56. The van der Waals surface area contributed by atoms with Crippen molar-refractivity contribution in [3.63, 3.8) is 0 Å². The smallest absolute Gasteiger partial charge is 0.311 e. The van der Waals surface area contributed by atoms with Crippen molar-refractivity contribution in [2.75, 3.05) is 6.54 Å². The number of nitrogens with zero attached hydrogens (tertiary/aromatic N) is 1. The highest BCUT2D eigenvalue weighted by molar-refractivity contribution is 7.09. The number of carboxylic acids is 1. The number of carboxylic acid groups (broad SMARTS) is 1. The molecule has 1 rings (SSSR count). The lowest BCUT2D eigenvalue weighted by atomic mass is 9.88. The van der Waals surface area contributed by atoms with Gasteiger partial charge in [0.05, 0.1) is 16.1 Å². The quantitative estimate of drug-likeness (QED) is 0.783. The Morgan fingerprint density at radius 1 is 1.58 bits per heavy atom. The van der Waals surface area contributed by atoms with E-state index in [1.807, 2.05) is 12.3 Å². The highest BCUT2D eigenvalue weighted by Crippen LogP contribution is 2.19. The largest absolute Gasteiger partial charge is 0.481 e. The molecule has 19 heavy (non-hydrogen) atoms. The number of aromatic nitrogens is 1. The van der Waals surface area contributed by atoms with Gasteiger partial charge in [0.25, 0.3) is 0 Å². The Morgan fingerprint density at radius 2 is 2.26 bits per heavy atom. The summed E-state index contributed by atoms with van der Waals surface area (Å²) >= 11 is 1.51. The maximum absolute atomic E-state index is 11.6. The number of amides is 1. The predicted octanol–water partition coefficient (Wildman–Crippen LogP) is 2.08. The first kappa shape index (κ1) is 15.4. The molecule has 0 spiro atoms. The third-order valence-corrected chi connectivity index (χ3v) is 3.78. The lowest BCUT2D eigenvalue weighted by molar-refractivity contribution is -0.148. The summed E-state index contributed by atoms with van der Waals surface area (Å²) in [6.07, 6.45) is 3.44. The minimum Gasteiger partial charge on any atom is -0.481 e. The first-order chi connectivity index (χ1) is 8.87. The molecule has 0 aliphatic rings. The first-order valence-corrected chi connectivity index (χ1v) is 6.87. The lowest BCUT2D eigenvalue weighted by Gasteiger charge is -2.22. The maximum Gasteiger partial charge on any atom is 0.311 e. The normalized spacial score (nSPS) is 14.3. The Bertz CT molecular complexity index is 496. The van der Waals surface area contributed by atoms with E-state index in [-0.39, 0.29) is 12.5 Å². The summed E-state index contributed by atoms with van der Waals surface area (Å²) in [5.74, 6) is -1.22. The molecule has 1 aromatic heterocycles. The van der Waals surface area contributed by atoms with Gasteiger partial charge in [-0.3, -0.25) is 9.59 Å². The zero-order valence-corrected chi connectivity index (χ0v) is 12.1. The Morgan fingerprint density at radius 3 is 2.74 bits per heavy atom. The van der Waals surface area contributed by atoms with Gasteiger partial charge in [0.15, 0.2) is 0 Å². The molecule has 1 heterocycles. The van der Waals surface area contributed by atoms with Crippen molar-refractivity contribution in [2.24, 2.45) is 5.41 Å². The van der Waals surface area contributed by atoms with E-state index in [0.717, 1.165) is 10.7 Å². The van der Waals surface area contributed by atoms with Gasteiger partial charge >= 0.3 is 5.97 Å². The molecule has 104 valence electrons. The van der Waals surface area contributed by atoms with Crippen LogP contribution in [0, 0.1) is 12.3 Å². The van der Waals surface area contributed by atoms with Crippen molar-refractivity contribution in [3.8, 4) is 0 Å². The number of aryl methyl sites for hydroxylation is 1. The SMILES string of the molecule is CCC(C)(CNC(=O)/C=C/c1csc(C)n1)C(=O)O. The van der Waals surface area contributed by atoms with E-state index in [1.54, 1.807) is 19.9 Å². The van der Waals surface area contributed by atoms with Gasteiger partial charge in [-0.05, 0) is 26.3 Å². The van der Waals surface area contributed by atoms with Crippen LogP contribution in [0.1, 0.15) is 31.0 Å². The van der Waals surface area contributed by atoms with Gasteiger partial charge in [-0.15, -0.1) is 11.3 Å². The molecule has 1 unspecified atom stereocenters. The van der Waals surface area contributed by atoms with E-state index >= 15 is 0 Å². The van der Waals surface area contributed by atoms with Crippen molar-refractivity contribution in [1.29, 1.82) is 0 Å². The summed E-state index contributed by atoms with van der Waals surface area (Å²) in [4.78, 5) is 26.9. The van der Waals surface area contributed by atoms with E-state index < -0.39 is 11.4 Å². The van der Waals surface area contributed by atoms with Crippen molar-refractivity contribution in [2.45, 2.75) is 27.2 Å². The molecular weight excluding hydrogens is 264 g/mol. The number of thiazole rings is 1. The fraction of sp³-hybridized carbons (Fsp3) is 0.462. The fourth-order valence-corrected chi connectivity index (χ4v) is 1.89. The standard InChI is InChI=1S/C13H18N2O3S/c1-4-13(3,12(17)18)8-14-11(16)6-5-10-7-19-9(2)15-10/h5-7H,4,8H2,1-3H3,(H,14,16)(H,17,18)/b6-5+. The first-order valence-electron chi connectivity index (χ1n) is 5.99. The van der Waals surface area contributed by atoms with Crippen molar-refractivity contribution in [3.05, 3.63) is 22.2 Å². The molecule has 0 aliphatic carbocycles. The molecule has 6 heteroatoms. The number of nitrogens with one attached hydrogen (secondary N) is 1. The Labute approximate surface area is 116 Å². The number of carbonyl (C=O) groups excluding carboxylic acids is 1. The molecule has 1 atom stereocenters. The molecule has 0 radical (unpaired) electrons. The summed E-state index contributed by atoms with van der Waals surface area (Å²) in [7, 11) is 0. The molecule has 2 N–H and O–H groups in total. The molecule has 1 amide bonds. The van der Waals surface area contributed by atoms with Crippen LogP contribution in [0.4, 0.5) is 0 Å². The second-order valence-corrected chi connectivity index (χ2v) is 5.62. The molecule has 0 fully saturated rings. The molecular formula is C13H18N2O3S. The molecule has 5 nitrogen and oxygen atoms in total. The number of hydrogen-bond acceptors (Lipinski definition) is 4.